The van der Waals surface area contributed by atoms with Gasteiger partial charge in [0.15, 0.2) is 5.65 Å². The van der Waals surface area contributed by atoms with Crippen molar-refractivity contribution in [3.05, 3.63) is 78.8 Å². The molecule has 8 nitrogen and oxygen atoms in total. The molecule has 1 aliphatic heterocycles. The highest BCUT2D eigenvalue weighted by molar-refractivity contribution is 8.00. The molecule has 9 heteroatoms. The Morgan fingerprint density at radius 2 is 1.88 bits per heavy atom. The number of para-hydroxylation sites is 1. The van der Waals surface area contributed by atoms with Gasteiger partial charge in [0.2, 0.25) is 5.91 Å². The van der Waals surface area contributed by atoms with E-state index >= 15 is 0 Å². The van der Waals surface area contributed by atoms with Crippen LogP contribution in [0.2, 0.25) is 0 Å². The first kappa shape index (κ1) is 22.5. The van der Waals surface area contributed by atoms with Crippen LogP contribution >= 0.6 is 11.8 Å². The fourth-order valence-corrected chi connectivity index (χ4v) is 4.79. The van der Waals surface area contributed by atoms with Gasteiger partial charge in [-0.15, -0.1) is 0 Å². The number of aromatic nitrogens is 4. The molecule has 3 heterocycles. The maximum Gasteiger partial charge on any atom is 0.230 e. The van der Waals surface area contributed by atoms with Crippen LogP contribution in [0.25, 0.3) is 16.7 Å². The summed E-state index contributed by atoms with van der Waals surface area (Å²) < 4.78 is 7.65. The SMILES string of the molecule is O=C(CSc1ncnc2c1cnn2-c1ccccc1)NC[C@H]1CN(Cc2ccccc2)CCO1. The van der Waals surface area contributed by atoms with E-state index in [0.717, 1.165) is 41.4 Å². The summed E-state index contributed by atoms with van der Waals surface area (Å²) in [5.74, 6) is 0.222. The first-order chi connectivity index (χ1) is 16.8. The molecule has 0 saturated carbocycles. The van der Waals surface area contributed by atoms with E-state index in [4.69, 9.17) is 4.74 Å². The second kappa shape index (κ2) is 10.8. The maximum atomic E-state index is 12.5. The van der Waals surface area contributed by atoms with Crippen LogP contribution in [-0.4, -0.2) is 68.7 Å². The zero-order valence-corrected chi connectivity index (χ0v) is 19.5. The molecule has 1 aliphatic rings. The average Bonchev–Trinajstić information content (AvgIpc) is 3.32. The molecule has 2 aromatic heterocycles. The Hall–Kier alpha value is -3.27. The quantitative estimate of drug-likeness (QED) is 0.310. The van der Waals surface area contributed by atoms with Crippen LogP contribution in [0.1, 0.15) is 5.56 Å². The highest BCUT2D eigenvalue weighted by atomic mass is 32.2. The standard InChI is InChI=1S/C25H26N6O2S/c32-23(26-13-21-16-30(11-12-33-21)15-19-7-3-1-4-8-19)17-34-25-22-14-29-31(24(22)27-18-28-25)20-9-5-2-6-10-20/h1-10,14,18,21H,11-13,15-17H2,(H,26,32)/t21-/m0/s1. The molecule has 0 spiro atoms. The average molecular weight is 475 g/mol. The Labute approximate surface area is 202 Å². The molecule has 0 unspecified atom stereocenters. The van der Waals surface area contributed by atoms with Gasteiger partial charge in [-0.25, -0.2) is 14.6 Å². The summed E-state index contributed by atoms with van der Waals surface area (Å²) in [6.07, 6.45) is 3.25. The van der Waals surface area contributed by atoms with E-state index in [0.29, 0.717) is 13.2 Å². The van der Waals surface area contributed by atoms with Gasteiger partial charge in [-0.1, -0.05) is 60.3 Å². The lowest BCUT2D eigenvalue weighted by Crippen LogP contribution is -2.47. The van der Waals surface area contributed by atoms with E-state index in [-0.39, 0.29) is 17.8 Å². The summed E-state index contributed by atoms with van der Waals surface area (Å²) in [4.78, 5) is 23.7. The molecule has 34 heavy (non-hydrogen) atoms. The Morgan fingerprint density at radius 3 is 2.71 bits per heavy atom. The molecule has 1 saturated heterocycles. The number of carbonyl (C=O) groups is 1. The number of thioether (sulfide) groups is 1. The van der Waals surface area contributed by atoms with Gasteiger partial charge in [0.1, 0.15) is 11.4 Å². The zero-order chi connectivity index (χ0) is 23.2. The molecule has 1 N–H and O–H groups in total. The molecule has 1 fully saturated rings. The minimum atomic E-state index is -0.0454. The summed E-state index contributed by atoms with van der Waals surface area (Å²) in [5, 5.41) is 9.05. The monoisotopic (exact) mass is 474 g/mol. The first-order valence-electron chi connectivity index (χ1n) is 11.3. The van der Waals surface area contributed by atoms with Crippen molar-refractivity contribution in [3.63, 3.8) is 0 Å². The molecule has 5 rings (SSSR count). The minimum absolute atomic E-state index is 0.0127. The Kier molecular flexibility index (Phi) is 7.13. The number of rotatable bonds is 8. The largest absolute Gasteiger partial charge is 0.374 e. The number of fused-ring (bicyclic) bond motifs is 1. The molecule has 4 aromatic rings. The van der Waals surface area contributed by atoms with Crippen molar-refractivity contribution in [1.82, 2.24) is 30.0 Å². The molecule has 0 aliphatic carbocycles. The lowest BCUT2D eigenvalue weighted by atomic mass is 10.2. The van der Waals surface area contributed by atoms with Crippen molar-refractivity contribution in [2.45, 2.75) is 17.7 Å². The molecule has 1 amide bonds. The van der Waals surface area contributed by atoms with E-state index < -0.39 is 0 Å². The Morgan fingerprint density at radius 1 is 1.09 bits per heavy atom. The summed E-state index contributed by atoms with van der Waals surface area (Å²) in [5.41, 5.74) is 2.94. The number of benzene rings is 2. The van der Waals surface area contributed by atoms with E-state index in [1.807, 2.05) is 36.4 Å². The molecular formula is C25H26N6O2S. The van der Waals surface area contributed by atoms with Crippen LogP contribution in [0.4, 0.5) is 0 Å². The fraction of sp³-hybridized carbons (Fsp3) is 0.280. The fourth-order valence-electron chi connectivity index (χ4n) is 4.00. The van der Waals surface area contributed by atoms with Gasteiger partial charge in [-0.2, -0.15) is 5.10 Å². The number of nitrogens with one attached hydrogen (secondary N) is 1. The van der Waals surface area contributed by atoms with Crippen LogP contribution in [0, 0.1) is 0 Å². The highest BCUT2D eigenvalue weighted by Crippen LogP contribution is 2.25. The predicted molar refractivity (Wildman–Crippen MR) is 132 cm³/mol. The van der Waals surface area contributed by atoms with Crippen LogP contribution in [-0.2, 0) is 16.1 Å². The van der Waals surface area contributed by atoms with Gasteiger partial charge in [-0.05, 0) is 17.7 Å². The second-order valence-electron chi connectivity index (χ2n) is 8.11. The van der Waals surface area contributed by atoms with Gasteiger partial charge in [-0.3, -0.25) is 9.69 Å². The van der Waals surface area contributed by atoms with Crippen LogP contribution in [0.15, 0.2) is 78.2 Å². The van der Waals surface area contributed by atoms with Crippen LogP contribution < -0.4 is 5.32 Å². The van der Waals surface area contributed by atoms with Crippen LogP contribution in [0.5, 0.6) is 0 Å². The number of carbonyl (C=O) groups excluding carboxylic acids is 1. The Balaban J connectivity index is 1.13. The molecule has 174 valence electrons. The summed E-state index contributed by atoms with van der Waals surface area (Å²) in [6, 6.07) is 20.2. The van der Waals surface area contributed by atoms with Crippen molar-refractivity contribution in [2.24, 2.45) is 0 Å². The second-order valence-corrected chi connectivity index (χ2v) is 9.08. The predicted octanol–water partition coefficient (Wildman–Crippen LogP) is 2.92. The van der Waals surface area contributed by atoms with E-state index in [1.165, 1.54) is 23.7 Å². The highest BCUT2D eigenvalue weighted by Gasteiger charge is 2.21. The van der Waals surface area contributed by atoms with Crippen molar-refractivity contribution in [2.75, 3.05) is 32.0 Å². The smallest absolute Gasteiger partial charge is 0.230 e. The summed E-state index contributed by atoms with van der Waals surface area (Å²) >= 11 is 1.39. The molecular weight excluding hydrogens is 448 g/mol. The molecule has 0 radical (unpaired) electrons. The number of hydrogen-bond donors (Lipinski definition) is 1. The third-order valence-corrected chi connectivity index (χ3v) is 6.67. The molecule has 1 atom stereocenters. The number of ether oxygens (including phenoxy) is 1. The van der Waals surface area contributed by atoms with Gasteiger partial charge in [0, 0.05) is 26.2 Å². The maximum absolute atomic E-state index is 12.5. The van der Waals surface area contributed by atoms with Gasteiger partial charge in [0.25, 0.3) is 0 Å². The van der Waals surface area contributed by atoms with Crippen molar-refractivity contribution < 1.29 is 9.53 Å². The lowest BCUT2D eigenvalue weighted by molar-refractivity contribution is -0.119. The van der Waals surface area contributed by atoms with E-state index in [2.05, 4.69) is 49.5 Å². The normalized spacial score (nSPS) is 16.5. The van der Waals surface area contributed by atoms with Crippen molar-refractivity contribution in [3.8, 4) is 5.69 Å². The molecule has 2 aromatic carbocycles. The number of hydrogen-bond acceptors (Lipinski definition) is 7. The van der Waals surface area contributed by atoms with Gasteiger partial charge in [0.05, 0.1) is 35.7 Å². The van der Waals surface area contributed by atoms with E-state index in [1.54, 1.807) is 10.9 Å². The van der Waals surface area contributed by atoms with E-state index in [9.17, 15) is 4.79 Å². The summed E-state index contributed by atoms with van der Waals surface area (Å²) in [6.45, 7) is 3.76. The molecule has 0 bridgehead atoms. The number of morpholine rings is 1. The number of nitrogens with zero attached hydrogens (tertiary/aromatic N) is 5. The lowest BCUT2D eigenvalue weighted by Gasteiger charge is -2.33. The minimum Gasteiger partial charge on any atom is -0.374 e. The van der Waals surface area contributed by atoms with Crippen LogP contribution in [0.3, 0.4) is 0 Å². The zero-order valence-electron chi connectivity index (χ0n) is 18.7. The van der Waals surface area contributed by atoms with Gasteiger partial charge >= 0.3 is 0 Å². The summed E-state index contributed by atoms with van der Waals surface area (Å²) in [7, 11) is 0. The Bertz CT molecular complexity index is 1230. The third-order valence-electron chi connectivity index (χ3n) is 5.67. The third kappa shape index (κ3) is 5.44. The number of amides is 1. The van der Waals surface area contributed by atoms with Crippen molar-refractivity contribution in [1.29, 1.82) is 0 Å². The van der Waals surface area contributed by atoms with Crippen molar-refractivity contribution >= 4 is 28.7 Å². The topological polar surface area (TPSA) is 85.2 Å². The first-order valence-corrected chi connectivity index (χ1v) is 12.3. The van der Waals surface area contributed by atoms with Gasteiger partial charge < -0.3 is 10.1 Å².